The topological polar surface area (TPSA) is 29.1 Å². The molecule has 2 aromatic rings. The Morgan fingerprint density at radius 3 is 2.55 bits per heavy atom. The summed E-state index contributed by atoms with van der Waals surface area (Å²) in [4.78, 5) is 14.7. The van der Waals surface area contributed by atoms with Gasteiger partial charge in [-0.25, -0.2) is 0 Å². The Labute approximate surface area is 143 Å². The van der Waals surface area contributed by atoms with E-state index in [-0.39, 0.29) is 5.91 Å². The first-order chi connectivity index (χ1) is 10.6. The van der Waals surface area contributed by atoms with E-state index in [1.165, 1.54) is 22.2 Å². The zero-order valence-electron chi connectivity index (χ0n) is 11.8. The molecule has 1 saturated heterocycles. The van der Waals surface area contributed by atoms with E-state index in [2.05, 4.69) is 42.6 Å². The Morgan fingerprint density at radius 1 is 1.14 bits per heavy atom. The highest BCUT2D eigenvalue weighted by Gasteiger charge is 2.22. The molecule has 5 heteroatoms. The molecule has 0 radical (unpaired) electrons. The van der Waals surface area contributed by atoms with E-state index in [1.54, 1.807) is 11.8 Å². The molecule has 2 aromatic carbocycles. The van der Waals surface area contributed by atoms with E-state index in [4.69, 9.17) is 12.2 Å². The predicted octanol–water partition coefficient (Wildman–Crippen LogP) is 4.64. The zero-order valence-corrected chi connectivity index (χ0v) is 14.3. The number of amides is 1. The van der Waals surface area contributed by atoms with Gasteiger partial charge in [0.05, 0.1) is 4.91 Å². The second-order valence-electron chi connectivity index (χ2n) is 4.81. The van der Waals surface area contributed by atoms with Crippen LogP contribution in [-0.4, -0.2) is 10.2 Å². The van der Waals surface area contributed by atoms with Crippen molar-refractivity contribution < 1.29 is 4.79 Å². The predicted molar refractivity (Wildman–Crippen MR) is 98.1 cm³/mol. The van der Waals surface area contributed by atoms with Gasteiger partial charge >= 0.3 is 0 Å². The third-order valence-corrected chi connectivity index (χ3v) is 5.36. The van der Waals surface area contributed by atoms with Gasteiger partial charge in [0.1, 0.15) is 4.32 Å². The fourth-order valence-corrected chi connectivity index (χ4v) is 3.94. The summed E-state index contributed by atoms with van der Waals surface area (Å²) in [6.07, 6.45) is 1.90. The molecule has 0 atom stereocenters. The molecule has 1 fully saturated rings. The highest BCUT2D eigenvalue weighted by atomic mass is 32.2. The fraction of sp³-hybridized carbons (Fsp3) is 0.0588. The van der Waals surface area contributed by atoms with E-state index in [9.17, 15) is 4.79 Å². The summed E-state index contributed by atoms with van der Waals surface area (Å²) in [6, 6.07) is 16.5. The molecule has 1 aliphatic rings. The Bertz CT molecular complexity index is 766. The number of thioether (sulfide) groups is 1. The van der Waals surface area contributed by atoms with E-state index < -0.39 is 0 Å². The second kappa shape index (κ2) is 6.69. The average Bonchev–Trinajstić information content (AvgIpc) is 2.81. The van der Waals surface area contributed by atoms with E-state index in [0.717, 1.165) is 10.5 Å². The van der Waals surface area contributed by atoms with Crippen molar-refractivity contribution >= 4 is 52.0 Å². The summed E-state index contributed by atoms with van der Waals surface area (Å²) in [5.41, 5.74) is 2.27. The zero-order chi connectivity index (χ0) is 15.5. The van der Waals surface area contributed by atoms with Gasteiger partial charge in [-0.2, -0.15) is 0 Å². The van der Waals surface area contributed by atoms with Gasteiger partial charge < -0.3 is 5.32 Å². The lowest BCUT2D eigenvalue weighted by Crippen LogP contribution is -2.17. The average molecular weight is 343 g/mol. The van der Waals surface area contributed by atoms with Crippen LogP contribution in [0, 0.1) is 6.92 Å². The van der Waals surface area contributed by atoms with Crippen molar-refractivity contribution in [3.8, 4) is 0 Å². The smallest absolute Gasteiger partial charge is 0.263 e. The first-order valence-corrected chi connectivity index (χ1v) is 8.74. The molecule has 2 nitrogen and oxygen atoms in total. The van der Waals surface area contributed by atoms with Crippen LogP contribution in [0.2, 0.25) is 0 Å². The SMILES string of the molecule is Cc1ccc(Sc2ccccc2C=C2SC(=S)NC2=O)cc1. The number of carbonyl (C=O) groups excluding carboxylic acids is 1. The lowest BCUT2D eigenvalue weighted by molar-refractivity contribution is -0.115. The molecule has 0 spiro atoms. The van der Waals surface area contributed by atoms with Gasteiger partial charge in [-0.3, -0.25) is 4.79 Å². The van der Waals surface area contributed by atoms with Gasteiger partial charge in [-0.05, 0) is 36.8 Å². The molecule has 1 N–H and O–H groups in total. The van der Waals surface area contributed by atoms with Gasteiger partial charge in [0.15, 0.2) is 0 Å². The summed E-state index contributed by atoms with van der Waals surface area (Å²) in [7, 11) is 0. The Morgan fingerprint density at radius 2 is 1.86 bits per heavy atom. The quantitative estimate of drug-likeness (QED) is 0.649. The molecule has 0 saturated carbocycles. The molecule has 110 valence electrons. The van der Waals surface area contributed by atoms with Crippen molar-refractivity contribution in [3.63, 3.8) is 0 Å². The largest absolute Gasteiger partial charge is 0.307 e. The maximum Gasteiger partial charge on any atom is 0.263 e. The number of nitrogens with one attached hydrogen (secondary N) is 1. The summed E-state index contributed by atoms with van der Waals surface area (Å²) >= 11 is 8.02. The van der Waals surface area contributed by atoms with Crippen molar-refractivity contribution in [2.45, 2.75) is 16.7 Å². The highest BCUT2D eigenvalue weighted by molar-refractivity contribution is 8.26. The molecular weight excluding hydrogens is 330 g/mol. The summed E-state index contributed by atoms with van der Waals surface area (Å²) < 4.78 is 0.514. The molecule has 1 aliphatic heterocycles. The molecule has 0 aromatic heterocycles. The Kier molecular flexibility index (Phi) is 4.66. The van der Waals surface area contributed by atoms with Crippen LogP contribution in [-0.2, 0) is 4.79 Å². The minimum absolute atomic E-state index is 0.120. The van der Waals surface area contributed by atoms with Crippen LogP contribution >= 0.6 is 35.7 Å². The third kappa shape index (κ3) is 3.61. The number of rotatable bonds is 3. The molecule has 1 amide bonds. The first kappa shape index (κ1) is 15.3. The summed E-state index contributed by atoms with van der Waals surface area (Å²) in [6.45, 7) is 2.08. The van der Waals surface area contributed by atoms with Crippen LogP contribution in [0.25, 0.3) is 6.08 Å². The first-order valence-electron chi connectivity index (χ1n) is 6.70. The molecule has 0 aliphatic carbocycles. The van der Waals surface area contributed by atoms with Crippen LogP contribution < -0.4 is 5.32 Å². The maximum atomic E-state index is 11.8. The monoisotopic (exact) mass is 343 g/mol. The lowest BCUT2D eigenvalue weighted by Gasteiger charge is -2.06. The summed E-state index contributed by atoms with van der Waals surface area (Å²) in [5.74, 6) is -0.120. The van der Waals surface area contributed by atoms with Crippen LogP contribution in [0.1, 0.15) is 11.1 Å². The molecule has 22 heavy (non-hydrogen) atoms. The molecule has 0 unspecified atom stereocenters. The summed E-state index contributed by atoms with van der Waals surface area (Å²) in [5, 5.41) is 2.64. The maximum absolute atomic E-state index is 11.8. The molecule has 0 bridgehead atoms. The van der Waals surface area contributed by atoms with Crippen molar-refractivity contribution in [2.24, 2.45) is 0 Å². The highest BCUT2D eigenvalue weighted by Crippen LogP contribution is 2.34. The Balaban J connectivity index is 1.90. The van der Waals surface area contributed by atoms with Gasteiger partial charge in [-0.15, -0.1) is 0 Å². The molecule has 3 rings (SSSR count). The third-order valence-electron chi connectivity index (χ3n) is 3.10. The molecular formula is C17H13NOS3. The van der Waals surface area contributed by atoms with Crippen LogP contribution in [0.3, 0.4) is 0 Å². The van der Waals surface area contributed by atoms with Gasteiger partial charge in [0.2, 0.25) is 0 Å². The van der Waals surface area contributed by atoms with Crippen LogP contribution in [0.4, 0.5) is 0 Å². The number of thiocarbonyl (C=S) groups is 1. The van der Waals surface area contributed by atoms with E-state index >= 15 is 0 Å². The normalized spacial score (nSPS) is 16.1. The number of benzene rings is 2. The van der Waals surface area contributed by atoms with Gasteiger partial charge in [0, 0.05) is 9.79 Å². The van der Waals surface area contributed by atoms with Crippen LogP contribution in [0.5, 0.6) is 0 Å². The van der Waals surface area contributed by atoms with Gasteiger partial charge in [-0.1, -0.05) is 71.6 Å². The Hall–Kier alpha value is -1.56. The van der Waals surface area contributed by atoms with Crippen molar-refractivity contribution in [2.75, 3.05) is 0 Å². The number of hydrogen-bond acceptors (Lipinski definition) is 4. The van der Waals surface area contributed by atoms with E-state index in [0.29, 0.717) is 9.23 Å². The van der Waals surface area contributed by atoms with Crippen LogP contribution in [0.15, 0.2) is 63.2 Å². The number of carbonyl (C=O) groups is 1. The van der Waals surface area contributed by atoms with Crippen molar-refractivity contribution in [1.29, 1.82) is 0 Å². The van der Waals surface area contributed by atoms with Crippen molar-refractivity contribution in [3.05, 3.63) is 64.6 Å². The minimum atomic E-state index is -0.120. The fourth-order valence-electron chi connectivity index (χ4n) is 1.99. The molecule has 1 heterocycles. The van der Waals surface area contributed by atoms with Gasteiger partial charge in [0.25, 0.3) is 5.91 Å². The lowest BCUT2D eigenvalue weighted by atomic mass is 10.2. The van der Waals surface area contributed by atoms with E-state index in [1.807, 2.05) is 24.3 Å². The second-order valence-corrected chi connectivity index (χ2v) is 7.64. The standard InChI is InChI=1S/C17H13NOS3/c1-11-6-8-13(9-7-11)21-14-5-3-2-4-12(14)10-15-16(19)18-17(20)22-15/h2-10H,1H3,(H,18,19,20). The van der Waals surface area contributed by atoms with Crippen molar-refractivity contribution in [1.82, 2.24) is 5.32 Å². The number of hydrogen-bond donors (Lipinski definition) is 1. The number of aryl methyl sites for hydroxylation is 1. The minimum Gasteiger partial charge on any atom is -0.307 e.